The van der Waals surface area contributed by atoms with E-state index >= 15 is 0 Å². The highest BCUT2D eigenvalue weighted by molar-refractivity contribution is 9.10. The average molecular weight is 245 g/mol. The molecule has 0 bridgehead atoms. The van der Waals surface area contributed by atoms with E-state index in [2.05, 4.69) is 21.2 Å². The quantitative estimate of drug-likeness (QED) is 0.643. The van der Waals surface area contributed by atoms with E-state index in [1.807, 2.05) is 0 Å². The Balaban J connectivity index is 3.31. The van der Waals surface area contributed by atoms with E-state index in [0.717, 1.165) is 10.2 Å². The fraction of sp³-hybridized carbons (Fsp3) is 0.250. The molecule has 0 radical (unpaired) electrons. The number of hydrogen-bond donors (Lipinski definition) is 1. The van der Waals surface area contributed by atoms with E-state index in [9.17, 15) is 10.1 Å². The normalized spacial score (nSPS) is 9.77. The monoisotopic (exact) mass is 244 g/mol. The standard InChI is InChI=1S/C8H9BrN2O2/c1-5-7(11(12)13)4-3-6(10-2)8(5)9/h3-4,10H,1-2H3. The highest BCUT2D eigenvalue weighted by atomic mass is 79.9. The zero-order chi connectivity index (χ0) is 10.0. The zero-order valence-electron chi connectivity index (χ0n) is 7.30. The first kappa shape index (κ1) is 9.98. The lowest BCUT2D eigenvalue weighted by atomic mass is 10.2. The molecule has 1 aromatic carbocycles. The van der Waals surface area contributed by atoms with Crippen molar-refractivity contribution < 1.29 is 4.92 Å². The van der Waals surface area contributed by atoms with Crippen molar-refractivity contribution in [3.05, 3.63) is 32.3 Å². The van der Waals surface area contributed by atoms with Crippen LogP contribution in [0.5, 0.6) is 0 Å². The summed E-state index contributed by atoms with van der Waals surface area (Å²) < 4.78 is 0.740. The molecular weight excluding hydrogens is 236 g/mol. The topological polar surface area (TPSA) is 55.2 Å². The molecule has 0 amide bonds. The van der Waals surface area contributed by atoms with E-state index in [1.165, 1.54) is 6.07 Å². The smallest absolute Gasteiger partial charge is 0.273 e. The van der Waals surface area contributed by atoms with Crippen LogP contribution in [0.3, 0.4) is 0 Å². The van der Waals surface area contributed by atoms with Crippen LogP contribution in [0, 0.1) is 17.0 Å². The van der Waals surface area contributed by atoms with Gasteiger partial charge in [-0.3, -0.25) is 10.1 Å². The second-order valence-corrected chi connectivity index (χ2v) is 3.37. The van der Waals surface area contributed by atoms with Crippen molar-refractivity contribution >= 4 is 27.3 Å². The minimum atomic E-state index is -0.389. The SMILES string of the molecule is CNc1ccc([N+](=O)[O-])c(C)c1Br. The molecule has 4 nitrogen and oxygen atoms in total. The lowest BCUT2D eigenvalue weighted by Crippen LogP contribution is -1.96. The molecule has 0 aliphatic rings. The number of anilines is 1. The van der Waals surface area contributed by atoms with E-state index in [-0.39, 0.29) is 10.6 Å². The number of halogens is 1. The Labute approximate surface area is 84.2 Å². The Kier molecular flexibility index (Phi) is 2.87. The maximum absolute atomic E-state index is 10.5. The van der Waals surface area contributed by atoms with Crippen molar-refractivity contribution in [2.75, 3.05) is 12.4 Å². The van der Waals surface area contributed by atoms with Crippen LogP contribution in [-0.4, -0.2) is 12.0 Å². The summed E-state index contributed by atoms with van der Waals surface area (Å²) in [6, 6.07) is 3.17. The van der Waals surface area contributed by atoms with Crippen LogP contribution in [0.4, 0.5) is 11.4 Å². The second-order valence-electron chi connectivity index (χ2n) is 2.58. The van der Waals surface area contributed by atoms with Gasteiger partial charge < -0.3 is 5.32 Å². The number of hydrogen-bond acceptors (Lipinski definition) is 3. The van der Waals surface area contributed by atoms with Crippen LogP contribution in [0.25, 0.3) is 0 Å². The van der Waals surface area contributed by atoms with E-state index in [0.29, 0.717) is 5.56 Å². The second kappa shape index (κ2) is 3.74. The van der Waals surface area contributed by atoms with Gasteiger partial charge in [-0.25, -0.2) is 0 Å². The van der Waals surface area contributed by atoms with Crippen molar-refractivity contribution in [3.63, 3.8) is 0 Å². The van der Waals surface area contributed by atoms with Gasteiger partial charge in [-0.15, -0.1) is 0 Å². The fourth-order valence-corrected chi connectivity index (χ4v) is 1.60. The molecule has 5 heteroatoms. The van der Waals surface area contributed by atoms with Gasteiger partial charge in [0.15, 0.2) is 0 Å². The molecule has 0 heterocycles. The predicted octanol–water partition coefficient (Wildman–Crippen LogP) is 2.71. The lowest BCUT2D eigenvalue weighted by molar-refractivity contribution is -0.385. The van der Waals surface area contributed by atoms with E-state index < -0.39 is 0 Å². The third-order valence-electron chi connectivity index (χ3n) is 1.82. The molecule has 0 spiro atoms. The van der Waals surface area contributed by atoms with Crippen LogP contribution >= 0.6 is 15.9 Å². The van der Waals surface area contributed by atoms with Crippen LogP contribution in [0.15, 0.2) is 16.6 Å². The molecule has 13 heavy (non-hydrogen) atoms. The van der Waals surface area contributed by atoms with Gasteiger partial charge in [0.05, 0.1) is 9.40 Å². The first-order valence-electron chi connectivity index (χ1n) is 3.69. The Hall–Kier alpha value is -1.10. The molecular formula is C8H9BrN2O2. The summed E-state index contributed by atoms with van der Waals surface area (Å²) in [7, 11) is 1.77. The summed E-state index contributed by atoms with van der Waals surface area (Å²) in [4.78, 5) is 10.1. The maximum Gasteiger partial charge on any atom is 0.273 e. The lowest BCUT2D eigenvalue weighted by Gasteiger charge is -2.06. The van der Waals surface area contributed by atoms with E-state index in [1.54, 1.807) is 20.0 Å². The van der Waals surface area contributed by atoms with Gasteiger partial charge in [-0.1, -0.05) is 0 Å². The van der Waals surface area contributed by atoms with Gasteiger partial charge >= 0.3 is 0 Å². The molecule has 0 aliphatic carbocycles. The van der Waals surface area contributed by atoms with E-state index in [4.69, 9.17) is 0 Å². The van der Waals surface area contributed by atoms with Crippen LogP contribution in [0.1, 0.15) is 5.56 Å². The molecule has 0 fully saturated rings. The number of nitro benzene ring substituents is 1. The molecule has 0 unspecified atom stereocenters. The Morgan fingerprint density at radius 2 is 2.15 bits per heavy atom. The minimum Gasteiger partial charge on any atom is -0.387 e. The first-order valence-corrected chi connectivity index (χ1v) is 4.48. The summed E-state index contributed by atoms with van der Waals surface area (Å²) in [6.45, 7) is 1.71. The van der Waals surface area contributed by atoms with Crippen molar-refractivity contribution in [2.45, 2.75) is 6.92 Å². The summed E-state index contributed by atoms with van der Waals surface area (Å²) in [5, 5.41) is 13.5. The summed E-state index contributed by atoms with van der Waals surface area (Å²) >= 11 is 3.29. The molecule has 0 aliphatic heterocycles. The van der Waals surface area contributed by atoms with Crippen molar-refractivity contribution in [1.82, 2.24) is 0 Å². The molecule has 0 atom stereocenters. The largest absolute Gasteiger partial charge is 0.387 e. The minimum absolute atomic E-state index is 0.130. The molecule has 1 N–H and O–H groups in total. The molecule has 70 valence electrons. The highest BCUT2D eigenvalue weighted by Crippen LogP contribution is 2.32. The van der Waals surface area contributed by atoms with Crippen molar-refractivity contribution in [1.29, 1.82) is 0 Å². The van der Waals surface area contributed by atoms with Gasteiger partial charge in [0.25, 0.3) is 5.69 Å². The highest BCUT2D eigenvalue weighted by Gasteiger charge is 2.14. The van der Waals surface area contributed by atoms with Gasteiger partial charge in [0.2, 0.25) is 0 Å². The number of nitrogens with one attached hydrogen (secondary N) is 1. The van der Waals surface area contributed by atoms with Crippen molar-refractivity contribution in [2.24, 2.45) is 0 Å². The molecule has 0 aromatic heterocycles. The summed E-state index contributed by atoms with van der Waals surface area (Å²) in [5.74, 6) is 0. The predicted molar refractivity (Wildman–Crippen MR) is 55.1 cm³/mol. The number of nitrogens with zero attached hydrogens (tertiary/aromatic N) is 1. The van der Waals surface area contributed by atoms with Gasteiger partial charge in [0.1, 0.15) is 0 Å². The molecule has 1 aromatic rings. The summed E-state index contributed by atoms with van der Waals surface area (Å²) in [5.41, 5.74) is 1.62. The zero-order valence-corrected chi connectivity index (χ0v) is 8.88. The molecule has 1 rings (SSSR count). The number of rotatable bonds is 2. The van der Waals surface area contributed by atoms with Crippen LogP contribution in [0.2, 0.25) is 0 Å². The van der Waals surface area contributed by atoms with Gasteiger partial charge in [0, 0.05) is 24.4 Å². The van der Waals surface area contributed by atoms with Gasteiger partial charge in [-0.05, 0) is 28.9 Å². The third kappa shape index (κ3) is 1.80. The molecule has 0 saturated heterocycles. The number of benzene rings is 1. The average Bonchev–Trinajstić information content (AvgIpc) is 2.09. The van der Waals surface area contributed by atoms with Crippen molar-refractivity contribution in [3.8, 4) is 0 Å². The maximum atomic E-state index is 10.5. The molecule has 0 saturated carbocycles. The van der Waals surface area contributed by atoms with Crippen LogP contribution < -0.4 is 5.32 Å². The Morgan fingerprint density at radius 3 is 2.62 bits per heavy atom. The van der Waals surface area contributed by atoms with Gasteiger partial charge in [-0.2, -0.15) is 0 Å². The summed E-state index contributed by atoms with van der Waals surface area (Å²) in [6.07, 6.45) is 0. The number of nitro groups is 1. The Morgan fingerprint density at radius 1 is 1.54 bits per heavy atom. The third-order valence-corrected chi connectivity index (χ3v) is 2.85. The fourth-order valence-electron chi connectivity index (χ4n) is 1.07. The first-order chi connectivity index (χ1) is 6.07. The van der Waals surface area contributed by atoms with Crippen LogP contribution in [-0.2, 0) is 0 Å². The Bertz CT molecular complexity index is 352.